The SMILES string of the molecule is CC(=O)NCCC#Cc1cc(Cl)ccn1. The van der Waals surface area contributed by atoms with Crippen molar-refractivity contribution in [1.82, 2.24) is 10.3 Å². The van der Waals surface area contributed by atoms with Gasteiger partial charge in [0.1, 0.15) is 5.69 Å². The topological polar surface area (TPSA) is 42.0 Å². The first kappa shape index (κ1) is 11.5. The number of nitrogens with one attached hydrogen (secondary N) is 1. The summed E-state index contributed by atoms with van der Waals surface area (Å²) in [5.41, 5.74) is 0.644. The molecule has 78 valence electrons. The average Bonchev–Trinajstić information content (AvgIpc) is 2.17. The minimum atomic E-state index is -0.0438. The zero-order valence-electron chi connectivity index (χ0n) is 8.38. The van der Waals surface area contributed by atoms with Crippen LogP contribution in [0.25, 0.3) is 0 Å². The smallest absolute Gasteiger partial charge is 0.216 e. The van der Waals surface area contributed by atoms with E-state index in [-0.39, 0.29) is 5.91 Å². The average molecular weight is 223 g/mol. The van der Waals surface area contributed by atoms with Gasteiger partial charge in [-0.2, -0.15) is 0 Å². The predicted octanol–water partition coefficient (Wildman–Crippen LogP) is 1.61. The molecule has 0 saturated heterocycles. The lowest BCUT2D eigenvalue weighted by Gasteiger charge is -1.94. The Balaban J connectivity index is 2.41. The maximum absolute atomic E-state index is 10.5. The van der Waals surface area contributed by atoms with E-state index in [9.17, 15) is 4.79 Å². The standard InChI is InChI=1S/C11H11ClN2O/c1-9(15)13-6-3-2-4-11-8-10(12)5-7-14-11/h5,7-8H,3,6H2,1H3,(H,13,15). The number of amides is 1. The molecule has 4 heteroatoms. The fraction of sp³-hybridized carbons (Fsp3) is 0.273. The number of rotatable bonds is 2. The summed E-state index contributed by atoms with van der Waals surface area (Å²) in [6.45, 7) is 2.04. The molecule has 0 radical (unpaired) electrons. The monoisotopic (exact) mass is 222 g/mol. The highest BCUT2D eigenvalue weighted by Crippen LogP contribution is 2.06. The number of halogens is 1. The van der Waals surface area contributed by atoms with E-state index in [1.54, 1.807) is 18.3 Å². The van der Waals surface area contributed by atoms with Crippen molar-refractivity contribution >= 4 is 17.5 Å². The molecule has 0 aliphatic rings. The van der Waals surface area contributed by atoms with Crippen LogP contribution < -0.4 is 5.32 Å². The van der Waals surface area contributed by atoms with Crippen LogP contribution >= 0.6 is 11.6 Å². The predicted molar refractivity (Wildman–Crippen MR) is 59.4 cm³/mol. The van der Waals surface area contributed by atoms with Gasteiger partial charge in [-0.15, -0.1) is 0 Å². The normalized spacial score (nSPS) is 8.93. The van der Waals surface area contributed by atoms with E-state index in [2.05, 4.69) is 22.1 Å². The number of hydrogen-bond acceptors (Lipinski definition) is 2. The van der Waals surface area contributed by atoms with Gasteiger partial charge in [-0.1, -0.05) is 17.5 Å². The second-order valence-electron chi connectivity index (χ2n) is 2.89. The van der Waals surface area contributed by atoms with E-state index in [0.717, 1.165) is 0 Å². The molecule has 0 aliphatic carbocycles. The number of carbonyl (C=O) groups excluding carboxylic acids is 1. The molecule has 1 N–H and O–H groups in total. The first-order valence-electron chi connectivity index (χ1n) is 4.53. The molecule has 1 heterocycles. The molecule has 0 bridgehead atoms. The van der Waals surface area contributed by atoms with E-state index in [4.69, 9.17) is 11.6 Å². The molecule has 0 atom stereocenters. The van der Waals surface area contributed by atoms with Crippen molar-refractivity contribution in [3.8, 4) is 11.8 Å². The van der Waals surface area contributed by atoms with Crippen LogP contribution in [-0.2, 0) is 4.79 Å². The van der Waals surface area contributed by atoms with Crippen molar-refractivity contribution in [3.63, 3.8) is 0 Å². The summed E-state index contributed by atoms with van der Waals surface area (Å²) in [6, 6.07) is 3.40. The molecule has 1 aromatic rings. The van der Waals surface area contributed by atoms with E-state index in [0.29, 0.717) is 23.7 Å². The lowest BCUT2D eigenvalue weighted by molar-refractivity contribution is -0.118. The van der Waals surface area contributed by atoms with Crippen molar-refractivity contribution in [2.45, 2.75) is 13.3 Å². The Bertz CT molecular complexity index is 407. The zero-order valence-corrected chi connectivity index (χ0v) is 9.14. The second-order valence-corrected chi connectivity index (χ2v) is 3.33. The van der Waals surface area contributed by atoms with E-state index in [1.807, 2.05) is 0 Å². The molecule has 0 aromatic carbocycles. The highest BCUT2D eigenvalue weighted by molar-refractivity contribution is 6.30. The molecular weight excluding hydrogens is 212 g/mol. The highest BCUT2D eigenvalue weighted by atomic mass is 35.5. The Morgan fingerprint density at radius 1 is 1.67 bits per heavy atom. The van der Waals surface area contributed by atoms with Crippen LogP contribution in [0.2, 0.25) is 5.02 Å². The third-order valence-electron chi connectivity index (χ3n) is 1.56. The van der Waals surface area contributed by atoms with Crippen LogP contribution in [-0.4, -0.2) is 17.4 Å². The summed E-state index contributed by atoms with van der Waals surface area (Å²) in [5, 5.41) is 3.28. The summed E-state index contributed by atoms with van der Waals surface area (Å²) in [7, 11) is 0. The zero-order chi connectivity index (χ0) is 11.1. The molecule has 15 heavy (non-hydrogen) atoms. The van der Waals surface area contributed by atoms with Crippen LogP contribution in [0.4, 0.5) is 0 Å². The number of pyridine rings is 1. The van der Waals surface area contributed by atoms with E-state index in [1.165, 1.54) is 6.92 Å². The van der Waals surface area contributed by atoms with Gasteiger partial charge in [0, 0.05) is 31.1 Å². The third kappa shape index (κ3) is 5.04. The fourth-order valence-electron chi connectivity index (χ4n) is 0.927. The summed E-state index contributed by atoms with van der Waals surface area (Å²) < 4.78 is 0. The van der Waals surface area contributed by atoms with Crippen LogP contribution in [0.15, 0.2) is 18.3 Å². The minimum Gasteiger partial charge on any atom is -0.355 e. The van der Waals surface area contributed by atoms with Gasteiger partial charge in [-0.3, -0.25) is 4.79 Å². The summed E-state index contributed by atoms with van der Waals surface area (Å²) in [6.07, 6.45) is 2.22. The number of hydrogen-bond donors (Lipinski definition) is 1. The van der Waals surface area contributed by atoms with E-state index >= 15 is 0 Å². The number of carbonyl (C=O) groups is 1. The molecule has 0 unspecified atom stereocenters. The molecule has 1 aromatic heterocycles. The minimum absolute atomic E-state index is 0.0438. The van der Waals surface area contributed by atoms with Gasteiger partial charge in [-0.25, -0.2) is 4.98 Å². The van der Waals surface area contributed by atoms with Gasteiger partial charge < -0.3 is 5.32 Å². The lowest BCUT2D eigenvalue weighted by Crippen LogP contribution is -2.20. The maximum Gasteiger partial charge on any atom is 0.216 e. The van der Waals surface area contributed by atoms with Crippen LogP contribution in [0.5, 0.6) is 0 Å². The Morgan fingerprint density at radius 2 is 2.47 bits per heavy atom. The van der Waals surface area contributed by atoms with Gasteiger partial charge in [0.2, 0.25) is 5.91 Å². The number of nitrogens with zero attached hydrogens (tertiary/aromatic N) is 1. The van der Waals surface area contributed by atoms with Crippen LogP contribution in [0, 0.1) is 11.8 Å². The maximum atomic E-state index is 10.5. The molecule has 1 rings (SSSR count). The summed E-state index contributed by atoms with van der Waals surface area (Å²) in [5.74, 6) is 5.72. The molecule has 1 amide bonds. The fourth-order valence-corrected chi connectivity index (χ4v) is 1.09. The van der Waals surface area contributed by atoms with Crippen LogP contribution in [0.1, 0.15) is 19.0 Å². The Hall–Kier alpha value is -1.53. The summed E-state index contributed by atoms with van der Waals surface area (Å²) >= 11 is 5.76. The van der Waals surface area contributed by atoms with Crippen molar-refractivity contribution in [1.29, 1.82) is 0 Å². The van der Waals surface area contributed by atoms with Crippen molar-refractivity contribution < 1.29 is 4.79 Å². The second kappa shape index (κ2) is 6.05. The molecule has 0 spiro atoms. The van der Waals surface area contributed by atoms with Gasteiger partial charge in [0.25, 0.3) is 0 Å². The largest absolute Gasteiger partial charge is 0.355 e. The Morgan fingerprint density at radius 3 is 3.13 bits per heavy atom. The van der Waals surface area contributed by atoms with Gasteiger partial charge in [0.15, 0.2) is 0 Å². The molecule has 3 nitrogen and oxygen atoms in total. The van der Waals surface area contributed by atoms with Crippen molar-refractivity contribution in [2.75, 3.05) is 6.54 Å². The molecule has 0 aliphatic heterocycles. The molecule has 0 fully saturated rings. The van der Waals surface area contributed by atoms with Gasteiger partial charge in [-0.05, 0) is 18.1 Å². The van der Waals surface area contributed by atoms with E-state index < -0.39 is 0 Å². The molecule has 0 saturated carbocycles. The Labute approximate surface area is 93.9 Å². The third-order valence-corrected chi connectivity index (χ3v) is 1.80. The first-order chi connectivity index (χ1) is 7.18. The van der Waals surface area contributed by atoms with Gasteiger partial charge in [0.05, 0.1) is 0 Å². The molecular formula is C11H11ClN2O. The lowest BCUT2D eigenvalue weighted by atomic mass is 10.3. The van der Waals surface area contributed by atoms with Crippen LogP contribution in [0.3, 0.4) is 0 Å². The first-order valence-corrected chi connectivity index (χ1v) is 4.91. The highest BCUT2D eigenvalue weighted by Gasteiger charge is 1.90. The quantitative estimate of drug-likeness (QED) is 0.610. The Kier molecular flexibility index (Phi) is 4.65. The van der Waals surface area contributed by atoms with Crippen molar-refractivity contribution in [3.05, 3.63) is 29.0 Å². The summed E-state index contributed by atoms with van der Waals surface area (Å²) in [4.78, 5) is 14.6. The number of aromatic nitrogens is 1. The van der Waals surface area contributed by atoms with Gasteiger partial charge >= 0.3 is 0 Å². The van der Waals surface area contributed by atoms with Crippen molar-refractivity contribution in [2.24, 2.45) is 0 Å².